The maximum absolute atomic E-state index is 11.9. The van der Waals surface area contributed by atoms with Crippen LogP contribution in [-0.2, 0) is 20.7 Å². The van der Waals surface area contributed by atoms with E-state index in [1.54, 1.807) is 23.6 Å². The Balaban J connectivity index is 1.52. The number of carbonyl (C=O) groups excluding carboxylic acids is 2. The summed E-state index contributed by atoms with van der Waals surface area (Å²) in [5, 5.41) is 15.3. The van der Waals surface area contributed by atoms with Crippen LogP contribution in [0.1, 0.15) is 11.3 Å². The third-order valence-corrected chi connectivity index (χ3v) is 4.29. The van der Waals surface area contributed by atoms with Crippen molar-refractivity contribution < 1.29 is 19.2 Å². The summed E-state index contributed by atoms with van der Waals surface area (Å²) >= 11 is 1.45. The summed E-state index contributed by atoms with van der Waals surface area (Å²) in [4.78, 5) is 39.1. The van der Waals surface area contributed by atoms with Crippen molar-refractivity contribution in [2.24, 2.45) is 0 Å². The molecule has 0 aliphatic rings. The summed E-state index contributed by atoms with van der Waals surface area (Å²) in [5.41, 5.74) is 1.20. The van der Waals surface area contributed by atoms with Gasteiger partial charge in [-0.2, -0.15) is 0 Å². The molecule has 9 nitrogen and oxygen atoms in total. The number of aromatic nitrogens is 2. The number of benzene rings is 1. The van der Waals surface area contributed by atoms with Gasteiger partial charge in [0.2, 0.25) is 0 Å². The lowest BCUT2D eigenvalue weighted by molar-refractivity contribution is -0.385. The number of imidazole rings is 1. The first kappa shape index (κ1) is 17.5. The Hall–Kier alpha value is -3.27. The zero-order valence-electron chi connectivity index (χ0n) is 13.7. The second-order valence-electron chi connectivity index (χ2n) is 5.47. The largest absolute Gasteiger partial charge is 0.455 e. The number of amides is 1. The van der Waals surface area contributed by atoms with E-state index in [0.717, 1.165) is 4.96 Å². The molecular weight excluding hydrogens is 360 g/mol. The number of nitrogens with one attached hydrogen (secondary N) is 1. The van der Waals surface area contributed by atoms with Crippen molar-refractivity contribution >= 4 is 39.5 Å². The average molecular weight is 374 g/mol. The van der Waals surface area contributed by atoms with Crippen LogP contribution in [0.5, 0.6) is 0 Å². The van der Waals surface area contributed by atoms with Gasteiger partial charge in [0.15, 0.2) is 11.6 Å². The molecule has 0 unspecified atom stereocenters. The van der Waals surface area contributed by atoms with Gasteiger partial charge in [0.1, 0.15) is 0 Å². The highest BCUT2D eigenvalue weighted by molar-refractivity contribution is 7.15. The Morgan fingerprint density at radius 1 is 1.42 bits per heavy atom. The highest BCUT2D eigenvalue weighted by Gasteiger charge is 2.14. The highest BCUT2D eigenvalue weighted by Crippen LogP contribution is 2.22. The van der Waals surface area contributed by atoms with Crippen molar-refractivity contribution in [2.75, 3.05) is 11.9 Å². The molecule has 10 heteroatoms. The average Bonchev–Trinajstić information content (AvgIpc) is 3.16. The summed E-state index contributed by atoms with van der Waals surface area (Å²) in [6.45, 7) is 1.12. The van der Waals surface area contributed by atoms with Gasteiger partial charge in [-0.1, -0.05) is 6.07 Å². The lowest BCUT2D eigenvalue weighted by Crippen LogP contribution is -2.21. The number of aryl methyl sites for hydroxylation is 1. The Labute approximate surface area is 151 Å². The third-order valence-electron chi connectivity index (χ3n) is 3.52. The number of rotatable bonds is 6. The van der Waals surface area contributed by atoms with Gasteiger partial charge in [-0.15, -0.1) is 11.3 Å². The molecule has 134 valence electrons. The van der Waals surface area contributed by atoms with Crippen molar-refractivity contribution in [1.82, 2.24) is 9.38 Å². The summed E-state index contributed by atoms with van der Waals surface area (Å²) in [6.07, 6.45) is 3.51. The molecule has 0 aliphatic carbocycles. The number of ether oxygens (including phenoxy) is 1. The summed E-state index contributed by atoms with van der Waals surface area (Å²) < 4.78 is 6.72. The second-order valence-corrected chi connectivity index (χ2v) is 6.34. The van der Waals surface area contributed by atoms with Gasteiger partial charge in [-0.25, -0.2) is 4.98 Å². The maximum Gasteiger partial charge on any atom is 0.312 e. The smallest absolute Gasteiger partial charge is 0.312 e. The quantitative estimate of drug-likeness (QED) is 0.402. The first-order valence-corrected chi connectivity index (χ1v) is 8.42. The predicted molar refractivity (Wildman–Crippen MR) is 94.2 cm³/mol. The number of nitrogens with zero attached hydrogens (tertiary/aromatic N) is 3. The van der Waals surface area contributed by atoms with E-state index in [4.69, 9.17) is 4.74 Å². The molecule has 0 atom stereocenters. The number of hydrogen-bond acceptors (Lipinski definition) is 7. The molecule has 1 aromatic carbocycles. The number of carbonyl (C=O) groups is 2. The first-order valence-electron chi connectivity index (χ1n) is 7.54. The van der Waals surface area contributed by atoms with Crippen LogP contribution in [0.2, 0.25) is 0 Å². The van der Waals surface area contributed by atoms with Crippen molar-refractivity contribution in [1.29, 1.82) is 0 Å². The molecule has 0 aliphatic heterocycles. The Bertz CT molecular complexity index is 965. The second kappa shape index (κ2) is 7.31. The lowest BCUT2D eigenvalue weighted by Gasteiger charge is -2.07. The normalized spacial score (nSPS) is 10.7. The summed E-state index contributed by atoms with van der Waals surface area (Å²) in [6, 6.07) is 4.33. The molecule has 2 heterocycles. The Morgan fingerprint density at radius 2 is 2.23 bits per heavy atom. The van der Waals surface area contributed by atoms with Crippen LogP contribution in [0.3, 0.4) is 0 Å². The molecule has 0 saturated carbocycles. The monoisotopic (exact) mass is 374 g/mol. The van der Waals surface area contributed by atoms with Gasteiger partial charge in [0.05, 0.1) is 17.0 Å². The number of nitro groups is 1. The topological polar surface area (TPSA) is 116 Å². The van der Waals surface area contributed by atoms with E-state index < -0.39 is 23.4 Å². The number of hydrogen-bond donors (Lipinski definition) is 1. The van der Waals surface area contributed by atoms with E-state index >= 15 is 0 Å². The minimum Gasteiger partial charge on any atom is -0.455 e. The standard InChI is InChI=1S/C16H14N4O5S/c1-10-2-3-11(6-13(10)20(23)24)17-14(21)9-25-15(22)7-12-8-19-4-5-26-16(19)18-12/h2-6,8H,7,9H2,1H3,(H,17,21). The van der Waals surface area contributed by atoms with Gasteiger partial charge < -0.3 is 10.1 Å². The molecule has 0 radical (unpaired) electrons. The van der Waals surface area contributed by atoms with Gasteiger partial charge in [0, 0.05) is 35.1 Å². The Morgan fingerprint density at radius 3 is 2.96 bits per heavy atom. The molecular formula is C16H14N4O5S. The molecule has 3 rings (SSSR count). The third kappa shape index (κ3) is 4.03. The first-order chi connectivity index (χ1) is 12.4. The predicted octanol–water partition coefficient (Wildman–Crippen LogP) is 2.34. The number of thiazole rings is 1. The fourth-order valence-electron chi connectivity index (χ4n) is 2.29. The van der Waals surface area contributed by atoms with Gasteiger partial charge in [-0.05, 0) is 13.0 Å². The zero-order valence-corrected chi connectivity index (χ0v) is 14.5. The van der Waals surface area contributed by atoms with Crippen LogP contribution in [-0.4, -0.2) is 32.8 Å². The van der Waals surface area contributed by atoms with Crippen molar-refractivity contribution in [2.45, 2.75) is 13.3 Å². The van der Waals surface area contributed by atoms with Gasteiger partial charge in [0.25, 0.3) is 11.6 Å². The molecule has 0 bridgehead atoms. The van der Waals surface area contributed by atoms with Gasteiger partial charge in [-0.3, -0.25) is 24.1 Å². The Kier molecular flexibility index (Phi) is 4.94. The zero-order chi connectivity index (χ0) is 18.7. The van der Waals surface area contributed by atoms with E-state index in [1.165, 1.54) is 23.5 Å². The molecule has 26 heavy (non-hydrogen) atoms. The van der Waals surface area contributed by atoms with Crippen LogP contribution >= 0.6 is 11.3 Å². The minimum atomic E-state index is -0.583. The van der Waals surface area contributed by atoms with Crippen molar-refractivity contribution in [3.8, 4) is 0 Å². The molecule has 2 aromatic heterocycles. The van der Waals surface area contributed by atoms with Crippen LogP contribution in [0.15, 0.2) is 36.0 Å². The van der Waals surface area contributed by atoms with Crippen molar-refractivity contribution in [3.63, 3.8) is 0 Å². The number of anilines is 1. The SMILES string of the molecule is Cc1ccc(NC(=O)COC(=O)Cc2cn3ccsc3n2)cc1[N+](=O)[O-]. The minimum absolute atomic E-state index is 0.0440. The molecule has 0 fully saturated rings. The summed E-state index contributed by atoms with van der Waals surface area (Å²) in [7, 11) is 0. The van der Waals surface area contributed by atoms with E-state index in [-0.39, 0.29) is 17.8 Å². The van der Waals surface area contributed by atoms with Crippen LogP contribution < -0.4 is 5.32 Å². The molecule has 1 N–H and O–H groups in total. The van der Waals surface area contributed by atoms with Gasteiger partial charge >= 0.3 is 5.97 Å². The number of nitro benzene ring substituents is 1. The van der Waals surface area contributed by atoms with Crippen LogP contribution in [0, 0.1) is 17.0 Å². The highest BCUT2D eigenvalue weighted by atomic mass is 32.1. The maximum atomic E-state index is 11.9. The number of esters is 1. The lowest BCUT2D eigenvalue weighted by atomic mass is 10.2. The number of fused-ring (bicyclic) bond motifs is 1. The van der Waals surface area contributed by atoms with Crippen LogP contribution in [0.25, 0.3) is 4.96 Å². The molecule has 3 aromatic rings. The fourth-order valence-corrected chi connectivity index (χ4v) is 3.01. The summed E-state index contributed by atoms with van der Waals surface area (Å²) in [5.74, 6) is -1.16. The van der Waals surface area contributed by atoms with E-state index in [9.17, 15) is 19.7 Å². The fraction of sp³-hybridized carbons (Fsp3) is 0.188. The van der Waals surface area contributed by atoms with E-state index in [2.05, 4.69) is 10.3 Å². The molecule has 0 spiro atoms. The molecule has 0 saturated heterocycles. The van der Waals surface area contributed by atoms with E-state index in [1.807, 2.05) is 11.6 Å². The van der Waals surface area contributed by atoms with Crippen molar-refractivity contribution in [3.05, 3.63) is 57.3 Å². The molecule has 1 amide bonds. The van der Waals surface area contributed by atoms with Crippen LogP contribution in [0.4, 0.5) is 11.4 Å². The van der Waals surface area contributed by atoms with E-state index in [0.29, 0.717) is 11.3 Å².